The molecule has 0 bridgehead atoms. The van der Waals surface area contributed by atoms with E-state index in [-0.39, 0.29) is 18.0 Å². The van der Waals surface area contributed by atoms with Crippen molar-refractivity contribution in [3.8, 4) is 11.1 Å². The SMILES string of the molecule is CCN(c1cc(-c2ccc(N3CCN(C)CC3)cc2)cc(C(=O)NCc2c3c(c(C)[nH]c2=O)CCCC3)c1C)C1CCOCC1. The van der Waals surface area contributed by atoms with Gasteiger partial charge in [-0.15, -0.1) is 0 Å². The molecular formula is C37H49N5O3. The molecule has 3 aromatic rings. The van der Waals surface area contributed by atoms with Crippen LogP contribution in [0.5, 0.6) is 0 Å². The monoisotopic (exact) mass is 611 g/mol. The van der Waals surface area contributed by atoms with E-state index >= 15 is 0 Å². The van der Waals surface area contributed by atoms with Gasteiger partial charge in [-0.2, -0.15) is 0 Å². The van der Waals surface area contributed by atoms with Crippen molar-refractivity contribution < 1.29 is 9.53 Å². The highest BCUT2D eigenvalue weighted by Gasteiger charge is 2.26. The average Bonchev–Trinajstić information content (AvgIpc) is 3.06. The molecule has 45 heavy (non-hydrogen) atoms. The quantitative estimate of drug-likeness (QED) is 0.364. The third-order valence-corrected chi connectivity index (χ3v) is 10.3. The van der Waals surface area contributed by atoms with Gasteiger partial charge in [0, 0.05) is 86.7 Å². The molecule has 3 heterocycles. The highest BCUT2D eigenvalue weighted by molar-refractivity contribution is 5.99. The molecule has 8 nitrogen and oxygen atoms in total. The van der Waals surface area contributed by atoms with Crippen molar-refractivity contribution in [2.45, 2.75) is 71.9 Å². The molecule has 240 valence electrons. The number of carbonyl (C=O) groups excluding carboxylic acids is 1. The largest absolute Gasteiger partial charge is 0.381 e. The second kappa shape index (κ2) is 13.8. The van der Waals surface area contributed by atoms with Crippen LogP contribution < -0.4 is 20.7 Å². The van der Waals surface area contributed by atoms with Crippen LogP contribution in [0.3, 0.4) is 0 Å². The van der Waals surface area contributed by atoms with Crippen molar-refractivity contribution in [1.29, 1.82) is 0 Å². The van der Waals surface area contributed by atoms with Crippen molar-refractivity contribution in [2.24, 2.45) is 0 Å². The van der Waals surface area contributed by atoms with Crippen LogP contribution in [-0.2, 0) is 24.1 Å². The number of nitrogens with one attached hydrogen (secondary N) is 2. The number of aromatic amines is 1. The number of piperazine rings is 1. The van der Waals surface area contributed by atoms with E-state index in [1.165, 1.54) is 11.3 Å². The van der Waals surface area contributed by atoms with E-state index in [9.17, 15) is 9.59 Å². The van der Waals surface area contributed by atoms with Crippen molar-refractivity contribution in [3.05, 3.63) is 80.3 Å². The predicted molar refractivity (Wildman–Crippen MR) is 183 cm³/mol. The normalized spacial score (nSPS) is 17.6. The van der Waals surface area contributed by atoms with Crippen molar-refractivity contribution in [2.75, 3.05) is 62.8 Å². The molecule has 6 rings (SSSR count). The highest BCUT2D eigenvalue weighted by Crippen LogP contribution is 2.35. The summed E-state index contributed by atoms with van der Waals surface area (Å²) in [5.41, 5.74) is 10.0. The number of hydrogen-bond donors (Lipinski definition) is 2. The maximum Gasteiger partial charge on any atom is 0.253 e. The van der Waals surface area contributed by atoms with Crippen molar-refractivity contribution >= 4 is 17.3 Å². The maximum atomic E-state index is 14.0. The Labute approximate surface area is 267 Å². The van der Waals surface area contributed by atoms with Crippen molar-refractivity contribution in [1.82, 2.24) is 15.2 Å². The summed E-state index contributed by atoms with van der Waals surface area (Å²) in [4.78, 5) is 37.4. The van der Waals surface area contributed by atoms with E-state index in [1.54, 1.807) is 0 Å². The highest BCUT2D eigenvalue weighted by atomic mass is 16.5. The fraction of sp³-hybridized carbons (Fsp3) is 0.514. The molecule has 1 aromatic heterocycles. The number of aryl methyl sites for hydroxylation is 1. The molecule has 2 saturated heterocycles. The summed E-state index contributed by atoms with van der Waals surface area (Å²) < 4.78 is 5.69. The topological polar surface area (TPSA) is 80.9 Å². The Bertz CT molecular complexity index is 1570. The number of fused-ring (bicyclic) bond motifs is 1. The summed E-state index contributed by atoms with van der Waals surface area (Å²) in [7, 11) is 2.18. The van der Waals surface area contributed by atoms with Gasteiger partial charge in [-0.05, 0) is 118 Å². The maximum absolute atomic E-state index is 14.0. The summed E-state index contributed by atoms with van der Waals surface area (Å²) >= 11 is 0. The number of hydrogen-bond acceptors (Lipinski definition) is 6. The second-order valence-electron chi connectivity index (χ2n) is 13.0. The molecule has 2 fully saturated rings. The van der Waals surface area contributed by atoms with Gasteiger partial charge in [-0.3, -0.25) is 9.59 Å². The van der Waals surface area contributed by atoms with Crippen LogP contribution in [0.2, 0.25) is 0 Å². The number of H-pyrrole nitrogens is 1. The number of nitrogens with zero attached hydrogens (tertiary/aromatic N) is 3. The number of rotatable bonds is 8. The van der Waals surface area contributed by atoms with Gasteiger partial charge in [-0.1, -0.05) is 12.1 Å². The summed E-state index contributed by atoms with van der Waals surface area (Å²) in [6.45, 7) is 13.0. The molecule has 2 aromatic carbocycles. The first-order valence-corrected chi connectivity index (χ1v) is 16.9. The minimum Gasteiger partial charge on any atom is -0.381 e. The van der Waals surface area contributed by atoms with E-state index in [2.05, 4.69) is 76.2 Å². The lowest BCUT2D eigenvalue weighted by Crippen LogP contribution is -2.44. The first-order chi connectivity index (χ1) is 21.8. The fourth-order valence-corrected chi connectivity index (χ4v) is 7.51. The van der Waals surface area contributed by atoms with Crippen LogP contribution in [0.1, 0.15) is 70.9 Å². The van der Waals surface area contributed by atoms with Gasteiger partial charge in [0.2, 0.25) is 0 Å². The number of anilines is 2. The lowest BCUT2D eigenvalue weighted by molar-refractivity contribution is 0.0846. The molecule has 0 saturated carbocycles. The van der Waals surface area contributed by atoms with Crippen LogP contribution >= 0.6 is 0 Å². The number of benzene rings is 2. The van der Waals surface area contributed by atoms with Gasteiger partial charge in [0.25, 0.3) is 11.5 Å². The smallest absolute Gasteiger partial charge is 0.253 e. The molecular weight excluding hydrogens is 562 g/mol. The van der Waals surface area contributed by atoms with Crippen LogP contribution in [-0.4, -0.2) is 74.8 Å². The molecule has 3 aliphatic rings. The van der Waals surface area contributed by atoms with E-state index in [0.29, 0.717) is 17.2 Å². The van der Waals surface area contributed by atoms with Crippen LogP contribution in [0.15, 0.2) is 41.2 Å². The molecule has 2 aliphatic heterocycles. The average molecular weight is 612 g/mol. The fourth-order valence-electron chi connectivity index (χ4n) is 7.51. The zero-order valence-corrected chi connectivity index (χ0v) is 27.5. The molecule has 2 N–H and O–H groups in total. The molecule has 0 radical (unpaired) electrons. The Balaban J connectivity index is 1.33. The van der Waals surface area contributed by atoms with Gasteiger partial charge in [-0.25, -0.2) is 0 Å². The third kappa shape index (κ3) is 6.68. The standard InChI is InChI=1S/C37H49N5O3/c1-5-42(30-14-20-45-21-15-30)35-23-28(27-10-12-29(13-11-27)41-18-16-40(4)17-19-41)22-33(25(35)2)36(43)38-24-34-32-9-7-6-8-31(32)26(3)39-37(34)44/h10-13,22-23,30H,5-9,14-21,24H2,1-4H3,(H,38,43)(H,39,44). The molecule has 1 aliphatic carbocycles. The van der Waals surface area contributed by atoms with Crippen LogP contribution in [0, 0.1) is 13.8 Å². The van der Waals surface area contributed by atoms with Crippen LogP contribution in [0.4, 0.5) is 11.4 Å². The summed E-state index contributed by atoms with van der Waals surface area (Å²) in [6.07, 6.45) is 6.03. The Morgan fingerprint density at radius 2 is 1.67 bits per heavy atom. The number of likely N-dealkylation sites (N-methyl/N-ethyl adjacent to an activating group) is 1. The minimum absolute atomic E-state index is 0.0864. The number of carbonyl (C=O) groups is 1. The van der Waals surface area contributed by atoms with Gasteiger partial charge in [0.05, 0.1) is 0 Å². The minimum atomic E-state index is -0.141. The lowest BCUT2D eigenvalue weighted by atomic mass is 9.88. The zero-order chi connectivity index (χ0) is 31.5. The summed E-state index contributed by atoms with van der Waals surface area (Å²) in [6, 6.07) is 13.5. The van der Waals surface area contributed by atoms with Crippen molar-refractivity contribution in [3.63, 3.8) is 0 Å². The number of aromatic nitrogens is 1. The van der Waals surface area contributed by atoms with Gasteiger partial charge in [0.1, 0.15) is 0 Å². The Hall–Kier alpha value is -3.62. The molecule has 0 atom stereocenters. The number of ether oxygens (including phenoxy) is 1. The van der Waals surface area contributed by atoms with Gasteiger partial charge < -0.3 is 29.7 Å². The molecule has 0 spiro atoms. The molecule has 1 amide bonds. The Morgan fingerprint density at radius 3 is 2.36 bits per heavy atom. The number of pyridine rings is 1. The van der Waals surface area contributed by atoms with Gasteiger partial charge in [0.15, 0.2) is 0 Å². The zero-order valence-electron chi connectivity index (χ0n) is 27.5. The number of amides is 1. The first kappa shape index (κ1) is 31.4. The summed E-state index contributed by atoms with van der Waals surface area (Å²) in [5.74, 6) is -0.141. The summed E-state index contributed by atoms with van der Waals surface area (Å²) in [5, 5.41) is 3.16. The first-order valence-electron chi connectivity index (χ1n) is 16.9. The Morgan fingerprint density at radius 1 is 0.978 bits per heavy atom. The van der Waals surface area contributed by atoms with Gasteiger partial charge >= 0.3 is 0 Å². The van der Waals surface area contributed by atoms with E-state index < -0.39 is 0 Å². The molecule has 8 heteroatoms. The third-order valence-electron chi connectivity index (χ3n) is 10.3. The van der Waals surface area contributed by atoms with E-state index in [4.69, 9.17) is 4.74 Å². The van der Waals surface area contributed by atoms with Crippen LogP contribution in [0.25, 0.3) is 11.1 Å². The predicted octanol–water partition coefficient (Wildman–Crippen LogP) is 5.22. The second-order valence-corrected chi connectivity index (χ2v) is 13.0. The van der Waals surface area contributed by atoms with E-state index in [0.717, 1.165) is 118 Å². The lowest BCUT2D eigenvalue weighted by Gasteiger charge is -2.37. The Kier molecular flexibility index (Phi) is 9.61. The van der Waals surface area contributed by atoms with E-state index in [1.807, 2.05) is 13.0 Å². The molecule has 0 unspecified atom stereocenters.